The molecular formula is C16H19N3O4S. The molecule has 1 atom stereocenters. The topological polar surface area (TPSA) is 95.9 Å². The minimum absolute atomic E-state index is 0.0620. The fraction of sp³-hybridized carbons (Fsp3) is 0.438. The average molecular weight is 349 g/mol. The molecule has 0 spiro atoms. The SMILES string of the molecule is O=C(NCc1ccccc1)C1=NN(C2CCS(=O)(=O)C2)C(=O)CC1. The number of sulfone groups is 1. The molecule has 1 N–H and O–H groups in total. The number of carbonyl (C=O) groups is 2. The third-order valence-electron chi connectivity index (χ3n) is 4.17. The molecule has 1 unspecified atom stereocenters. The van der Waals surface area contributed by atoms with Crippen LogP contribution in [0, 0.1) is 0 Å². The molecule has 2 amide bonds. The summed E-state index contributed by atoms with van der Waals surface area (Å²) in [7, 11) is -3.12. The molecule has 3 rings (SSSR count). The number of amides is 2. The van der Waals surface area contributed by atoms with Crippen molar-refractivity contribution in [1.82, 2.24) is 10.3 Å². The van der Waals surface area contributed by atoms with Crippen LogP contribution in [0.15, 0.2) is 35.4 Å². The average Bonchev–Trinajstić information content (AvgIpc) is 2.94. The zero-order chi connectivity index (χ0) is 17.2. The van der Waals surface area contributed by atoms with Crippen LogP contribution < -0.4 is 5.32 Å². The maximum Gasteiger partial charge on any atom is 0.267 e. The van der Waals surface area contributed by atoms with Gasteiger partial charge in [-0.3, -0.25) is 9.59 Å². The van der Waals surface area contributed by atoms with Crippen LogP contribution in [-0.2, 0) is 26.0 Å². The highest BCUT2D eigenvalue weighted by Crippen LogP contribution is 2.22. The third-order valence-corrected chi connectivity index (χ3v) is 5.92. The predicted molar refractivity (Wildman–Crippen MR) is 88.9 cm³/mol. The predicted octanol–water partition coefficient (Wildman–Crippen LogP) is 0.468. The summed E-state index contributed by atoms with van der Waals surface area (Å²) in [4.78, 5) is 24.3. The van der Waals surface area contributed by atoms with E-state index < -0.39 is 15.9 Å². The van der Waals surface area contributed by atoms with Gasteiger partial charge < -0.3 is 5.32 Å². The highest BCUT2D eigenvalue weighted by molar-refractivity contribution is 7.91. The van der Waals surface area contributed by atoms with Gasteiger partial charge in [0.05, 0.1) is 17.5 Å². The van der Waals surface area contributed by atoms with E-state index in [0.29, 0.717) is 13.0 Å². The molecule has 24 heavy (non-hydrogen) atoms. The molecule has 0 bridgehead atoms. The molecule has 1 aromatic carbocycles. The molecule has 0 radical (unpaired) electrons. The first-order valence-corrected chi connectivity index (χ1v) is 9.69. The largest absolute Gasteiger partial charge is 0.347 e. The Balaban J connectivity index is 1.67. The second-order valence-corrected chi connectivity index (χ2v) is 8.24. The summed E-state index contributed by atoms with van der Waals surface area (Å²) in [5.41, 5.74) is 1.24. The lowest BCUT2D eigenvalue weighted by Gasteiger charge is -2.27. The number of benzene rings is 1. The van der Waals surface area contributed by atoms with Crippen molar-refractivity contribution in [3.05, 3.63) is 35.9 Å². The molecule has 0 aromatic heterocycles. The molecule has 8 heteroatoms. The molecule has 2 aliphatic rings. The number of rotatable bonds is 4. The minimum atomic E-state index is -3.12. The first kappa shape index (κ1) is 16.6. The Morgan fingerprint density at radius 3 is 2.67 bits per heavy atom. The van der Waals surface area contributed by atoms with Gasteiger partial charge in [0, 0.05) is 19.4 Å². The third kappa shape index (κ3) is 3.81. The summed E-state index contributed by atoms with van der Waals surface area (Å²) < 4.78 is 23.2. The Kier molecular flexibility index (Phi) is 4.66. The van der Waals surface area contributed by atoms with Crippen LogP contribution in [0.25, 0.3) is 0 Å². The summed E-state index contributed by atoms with van der Waals surface area (Å²) >= 11 is 0. The first-order valence-electron chi connectivity index (χ1n) is 7.87. The highest BCUT2D eigenvalue weighted by Gasteiger charge is 2.37. The van der Waals surface area contributed by atoms with Gasteiger partial charge in [0.15, 0.2) is 9.84 Å². The zero-order valence-electron chi connectivity index (χ0n) is 13.1. The van der Waals surface area contributed by atoms with Crippen LogP contribution in [0.5, 0.6) is 0 Å². The van der Waals surface area contributed by atoms with E-state index in [1.807, 2.05) is 30.3 Å². The second kappa shape index (κ2) is 6.72. The standard InChI is InChI=1S/C16H19N3O4S/c20-15-7-6-14(16(21)17-10-12-4-2-1-3-5-12)18-19(15)13-8-9-24(22,23)11-13/h1-5,13H,6-11H2,(H,17,21). The van der Waals surface area contributed by atoms with E-state index in [9.17, 15) is 18.0 Å². The van der Waals surface area contributed by atoms with Gasteiger partial charge in [0.1, 0.15) is 5.71 Å². The molecule has 2 heterocycles. The fourth-order valence-corrected chi connectivity index (χ4v) is 4.56. The van der Waals surface area contributed by atoms with E-state index in [4.69, 9.17) is 0 Å². The number of carbonyl (C=O) groups excluding carboxylic acids is 2. The molecule has 128 valence electrons. The van der Waals surface area contributed by atoms with Gasteiger partial charge in [0.2, 0.25) is 5.91 Å². The zero-order valence-corrected chi connectivity index (χ0v) is 14.0. The van der Waals surface area contributed by atoms with Gasteiger partial charge in [-0.05, 0) is 12.0 Å². The molecule has 7 nitrogen and oxygen atoms in total. The van der Waals surface area contributed by atoms with Crippen molar-refractivity contribution in [2.24, 2.45) is 5.10 Å². The van der Waals surface area contributed by atoms with Crippen LogP contribution >= 0.6 is 0 Å². The smallest absolute Gasteiger partial charge is 0.267 e. The van der Waals surface area contributed by atoms with Gasteiger partial charge in [0.25, 0.3) is 5.91 Å². The second-order valence-electron chi connectivity index (χ2n) is 6.01. The van der Waals surface area contributed by atoms with Gasteiger partial charge in [-0.15, -0.1) is 0 Å². The van der Waals surface area contributed by atoms with Crippen LogP contribution in [0.2, 0.25) is 0 Å². The van der Waals surface area contributed by atoms with Crippen molar-refractivity contribution in [2.45, 2.75) is 31.8 Å². The normalized spacial score (nSPS) is 23.0. The van der Waals surface area contributed by atoms with Gasteiger partial charge in [-0.2, -0.15) is 5.10 Å². The molecule has 1 saturated heterocycles. The van der Waals surface area contributed by atoms with Crippen molar-refractivity contribution in [2.75, 3.05) is 11.5 Å². The van der Waals surface area contributed by atoms with E-state index in [0.717, 1.165) is 5.56 Å². The van der Waals surface area contributed by atoms with Crippen LogP contribution in [-0.4, -0.2) is 48.5 Å². The van der Waals surface area contributed by atoms with E-state index >= 15 is 0 Å². The van der Waals surface area contributed by atoms with Crippen molar-refractivity contribution < 1.29 is 18.0 Å². The maximum atomic E-state index is 12.3. The monoisotopic (exact) mass is 349 g/mol. The highest BCUT2D eigenvalue weighted by atomic mass is 32.2. The fourth-order valence-electron chi connectivity index (χ4n) is 2.87. The minimum Gasteiger partial charge on any atom is -0.347 e. The number of nitrogens with one attached hydrogen (secondary N) is 1. The molecule has 0 saturated carbocycles. The van der Waals surface area contributed by atoms with E-state index in [1.165, 1.54) is 5.01 Å². The molecule has 1 aromatic rings. The Bertz CT molecular complexity index is 774. The number of nitrogens with zero attached hydrogens (tertiary/aromatic N) is 2. The summed E-state index contributed by atoms with van der Waals surface area (Å²) in [5, 5.41) is 8.13. The van der Waals surface area contributed by atoms with Gasteiger partial charge in [-0.1, -0.05) is 30.3 Å². The number of hydrogen-bond donors (Lipinski definition) is 1. The van der Waals surface area contributed by atoms with Crippen molar-refractivity contribution in [3.8, 4) is 0 Å². The Morgan fingerprint density at radius 1 is 1.25 bits per heavy atom. The van der Waals surface area contributed by atoms with Gasteiger partial charge in [-0.25, -0.2) is 13.4 Å². The van der Waals surface area contributed by atoms with Crippen molar-refractivity contribution in [3.63, 3.8) is 0 Å². The van der Waals surface area contributed by atoms with Crippen molar-refractivity contribution >= 4 is 27.4 Å². The Labute approximate surface area is 140 Å². The maximum absolute atomic E-state index is 12.3. The summed E-state index contributed by atoms with van der Waals surface area (Å²) in [6, 6.07) is 9.03. The van der Waals surface area contributed by atoms with Crippen molar-refractivity contribution in [1.29, 1.82) is 0 Å². The van der Waals surface area contributed by atoms with E-state index in [2.05, 4.69) is 10.4 Å². The number of hydrazone groups is 1. The first-order chi connectivity index (χ1) is 11.4. The lowest BCUT2D eigenvalue weighted by molar-refractivity contribution is -0.133. The van der Waals surface area contributed by atoms with E-state index in [1.54, 1.807) is 0 Å². The molecule has 2 aliphatic heterocycles. The van der Waals surface area contributed by atoms with Crippen LogP contribution in [0.1, 0.15) is 24.8 Å². The quantitative estimate of drug-likeness (QED) is 0.854. The summed E-state index contributed by atoms with van der Waals surface area (Å²) in [6.45, 7) is 0.379. The Hall–Kier alpha value is -2.22. The van der Waals surface area contributed by atoms with E-state index in [-0.39, 0.29) is 41.9 Å². The number of hydrogen-bond acceptors (Lipinski definition) is 5. The molecule has 1 fully saturated rings. The molecule has 0 aliphatic carbocycles. The Morgan fingerprint density at radius 2 is 2.00 bits per heavy atom. The van der Waals surface area contributed by atoms with Gasteiger partial charge >= 0.3 is 0 Å². The van der Waals surface area contributed by atoms with Crippen LogP contribution in [0.4, 0.5) is 0 Å². The summed E-state index contributed by atoms with van der Waals surface area (Å²) in [5.74, 6) is -0.567. The summed E-state index contributed by atoms with van der Waals surface area (Å²) in [6.07, 6.45) is 0.819. The lowest BCUT2D eigenvalue weighted by Crippen LogP contribution is -2.43. The lowest BCUT2D eigenvalue weighted by atomic mass is 10.1. The molecular weight excluding hydrogens is 330 g/mol. The van der Waals surface area contributed by atoms with Crippen LogP contribution in [0.3, 0.4) is 0 Å².